The number of carbonyl (C=O) groups is 1. The molecule has 1 nitrogen and oxygen atoms in total. The summed E-state index contributed by atoms with van der Waals surface area (Å²) in [5.41, 5.74) is 0.829. The van der Waals surface area contributed by atoms with Gasteiger partial charge in [0.2, 0.25) is 0 Å². The Kier molecular flexibility index (Phi) is 5.00. The van der Waals surface area contributed by atoms with Crippen LogP contribution in [0.15, 0.2) is 9.81 Å². The van der Waals surface area contributed by atoms with E-state index in [-0.39, 0.29) is 0 Å². The summed E-state index contributed by atoms with van der Waals surface area (Å²) in [6, 6.07) is 0. The van der Waals surface area contributed by atoms with Crippen molar-refractivity contribution in [2.24, 2.45) is 0 Å². The van der Waals surface area contributed by atoms with Crippen LogP contribution in [-0.4, -0.2) is 18.8 Å². The van der Waals surface area contributed by atoms with E-state index in [2.05, 4.69) is 0 Å². The van der Waals surface area contributed by atoms with E-state index in [1.165, 1.54) is 0 Å². The Labute approximate surface area is 64.3 Å². The van der Waals surface area contributed by atoms with Crippen LogP contribution in [-0.2, 0) is 4.79 Å². The summed E-state index contributed by atoms with van der Waals surface area (Å²) >= 11 is 3.23. The van der Waals surface area contributed by atoms with Crippen LogP contribution in [0.5, 0.6) is 0 Å². The average Bonchev–Trinajstić information content (AvgIpc) is 1.90. The monoisotopic (exact) mass is 162 g/mol. The van der Waals surface area contributed by atoms with Gasteiger partial charge in [-0.2, -0.15) is 0 Å². The molecule has 0 bridgehead atoms. The summed E-state index contributed by atoms with van der Waals surface area (Å²) in [5.74, 6) is 0. The van der Waals surface area contributed by atoms with Crippen LogP contribution >= 0.6 is 23.5 Å². The van der Waals surface area contributed by atoms with Crippen LogP contribution in [0.3, 0.4) is 0 Å². The van der Waals surface area contributed by atoms with Crippen molar-refractivity contribution in [2.45, 2.75) is 6.92 Å². The fourth-order valence-electron chi connectivity index (χ4n) is 0.453. The number of rotatable bonds is 3. The highest BCUT2D eigenvalue weighted by molar-refractivity contribution is 8.21. The smallest absolute Gasteiger partial charge is 0.147 e. The van der Waals surface area contributed by atoms with Crippen LogP contribution in [0.2, 0.25) is 0 Å². The van der Waals surface area contributed by atoms with E-state index in [1.54, 1.807) is 23.5 Å². The van der Waals surface area contributed by atoms with Gasteiger partial charge in [0.25, 0.3) is 0 Å². The van der Waals surface area contributed by atoms with Crippen LogP contribution in [0, 0.1) is 0 Å². The zero-order valence-electron chi connectivity index (χ0n) is 5.80. The minimum absolute atomic E-state index is 0.829. The Morgan fingerprint density at radius 1 is 1.33 bits per heavy atom. The minimum Gasteiger partial charge on any atom is -0.298 e. The molecule has 9 heavy (non-hydrogen) atoms. The SMILES string of the molecule is CSC(SC)=C(C)C=O. The van der Waals surface area contributed by atoms with Crippen molar-refractivity contribution in [1.82, 2.24) is 0 Å². The number of hydrogen-bond acceptors (Lipinski definition) is 3. The highest BCUT2D eigenvalue weighted by Gasteiger charge is 1.95. The quantitative estimate of drug-likeness (QED) is 0.467. The summed E-state index contributed by atoms with van der Waals surface area (Å²) in [7, 11) is 0. The van der Waals surface area contributed by atoms with Crippen LogP contribution in [0.25, 0.3) is 0 Å². The van der Waals surface area contributed by atoms with Gasteiger partial charge in [-0.25, -0.2) is 0 Å². The number of hydrogen-bond donors (Lipinski definition) is 0. The molecular formula is C6H10OS2. The first-order chi connectivity index (χ1) is 4.26. The molecule has 0 aromatic rings. The van der Waals surface area contributed by atoms with Gasteiger partial charge in [0, 0.05) is 9.81 Å². The topological polar surface area (TPSA) is 17.1 Å². The molecule has 3 heteroatoms. The van der Waals surface area contributed by atoms with Crippen LogP contribution < -0.4 is 0 Å². The number of thioether (sulfide) groups is 2. The van der Waals surface area contributed by atoms with E-state index in [0.717, 1.165) is 16.1 Å². The zero-order valence-corrected chi connectivity index (χ0v) is 7.44. The first kappa shape index (κ1) is 9.11. The van der Waals surface area contributed by atoms with Crippen LogP contribution in [0.4, 0.5) is 0 Å². The summed E-state index contributed by atoms with van der Waals surface area (Å²) < 4.78 is 1.10. The Morgan fingerprint density at radius 3 is 1.89 bits per heavy atom. The van der Waals surface area contributed by atoms with Crippen molar-refractivity contribution in [2.75, 3.05) is 12.5 Å². The predicted octanol–water partition coefficient (Wildman–Crippen LogP) is 2.14. The molecule has 0 aliphatic carbocycles. The summed E-state index contributed by atoms with van der Waals surface area (Å²) in [6.45, 7) is 1.83. The van der Waals surface area contributed by atoms with Crippen molar-refractivity contribution < 1.29 is 4.79 Å². The maximum Gasteiger partial charge on any atom is 0.147 e. The molecule has 0 saturated heterocycles. The fraction of sp³-hybridized carbons (Fsp3) is 0.500. The fourth-order valence-corrected chi connectivity index (χ4v) is 1.86. The third-order valence-corrected chi connectivity index (χ3v) is 3.26. The molecule has 52 valence electrons. The Hall–Kier alpha value is 0.110. The molecule has 0 rings (SSSR count). The first-order valence-corrected chi connectivity index (χ1v) is 4.95. The standard InChI is InChI=1S/C6H10OS2/c1-5(4-7)6(8-2)9-3/h4H,1-3H3. The molecule has 0 aromatic heterocycles. The third kappa shape index (κ3) is 2.96. The van der Waals surface area contributed by atoms with Gasteiger partial charge in [-0.3, -0.25) is 4.79 Å². The summed E-state index contributed by atoms with van der Waals surface area (Å²) in [6.07, 6.45) is 4.83. The minimum atomic E-state index is 0.829. The highest BCUT2D eigenvalue weighted by atomic mass is 32.2. The predicted molar refractivity (Wildman–Crippen MR) is 45.8 cm³/mol. The molecule has 0 spiro atoms. The molecule has 0 atom stereocenters. The Bertz CT molecular complexity index is 123. The van der Waals surface area contributed by atoms with Crippen molar-refractivity contribution in [1.29, 1.82) is 0 Å². The first-order valence-electron chi connectivity index (χ1n) is 2.50. The van der Waals surface area contributed by atoms with Gasteiger partial charge < -0.3 is 0 Å². The number of carbonyl (C=O) groups excluding carboxylic acids is 1. The van der Waals surface area contributed by atoms with Gasteiger partial charge in [0.05, 0.1) is 0 Å². The Balaban J connectivity index is 4.17. The van der Waals surface area contributed by atoms with Crippen molar-refractivity contribution >= 4 is 29.8 Å². The average molecular weight is 162 g/mol. The van der Waals surface area contributed by atoms with Gasteiger partial charge in [0.15, 0.2) is 0 Å². The lowest BCUT2D eigenvalue weighted by Crippen LogP contribution is -1.79. The van der Waals surface area contributed by atoms with E-state index in [4.69, 9.17) is 0 Å². The maximum absolute atomic E-state index is 10.2. The van der Waals surface area contributed by atoms with Gasteiger partial charge in [-0.1, -0.05) is 0 Å². The van der Waals surface area contributed by atoms with Gasteiger partial charge >= 0.3 is 0 Å². The molecule has 0 radical (unpaired) electrons. The van der Waals surface area contributed by atoms with E-state index in [0.29, 0.717) is 0 Å². The molecule has 0 N–H and O–H groups in total. The molecular weight excluding hydrogens is 152 g/mol. The van der Waals surface area contributed by atoms with E-state index in [9.17, 15) is 4.79 Å². The molecule has 0 fully saturated rings. The zero-order chi connectivity index (χ0) is 7.28. The second-order valence-corrected chi connectivity index (χ2v) is 3.39. The molecule has 0 heterocycles. The van der Waals surface area contributed by atoms with Gasteiger partial charge in [-0.15, -0.1) is 23.5 Å². The normalized spacial score (nSPS) is 8.78. The van der Waals surface area contributed by atoms with E-state index >= 15 is 0 Å². The lowest BCUT2D eigenvalue weighted by Gasteiger charge is -1.98. The lowest BCUT2D eigenvalue weighted by molar-refractivity contribution is -0.104. The number of allylic oxidation sites excluding steroid dienone is 1. The maximum atomic E-state index is 10.2. The van der Waals surface area contributed by atoms with Crippen molar-refractivity contribution in [3.8, 4) is 0 Å². The largest absolute Gasteiger partial charge is 0.298 e. The Morgan fingerprint density at radius 2 is 1.78 bits per heavy atom. The second kappa shape index (κ2) is 4.94. The lowest BCUT2D eigenvalue weighted by atomic mass is 10.4. The molecule has 0 aliphatic rings. The van der Waals surface area contributed by atoms with E-state index in [1.807, 2.05) is 19.4 Å². The van der Waals surface area contributed by atoms with E-state index < -0.39 is 0 Å². The second-order valence-electron chi connectivity index (χ2n) is 1.50. The number of aldehydes is 1. The van der Waals surface area contributed by atoms with Crippen molar-refractivity contribution in [3.05, 3.63) is 9.81 Å². The van der Waals surface area contributed by atoms with Crippen LogP contribution in [0.1, 0.15) is 6.92 Å². The molecule has 0 unspecified atom stereocenters. The van der Waals surface area contributed by atoms with Crippen molar-refractivity contribution in [3.63, 3.8) is 0 Å². The molecule has 0 amide bonds. The highest BCUT2D eigenvalue weighted by Crippen LogP contribution is 2.25. The molecule has 0 saturated carbocycles. The molecule has 0 aromatic carbocycles. The van der Waals surface area contributed by atoms with Gasteiger partial charge in [0.1, 0.15) is 6.29 Å². The molecule has 0 aliphatic heterocycles. The summed E-state index contributed by atoms with van der Waals surface area (Å²) in [4.78, 5) is 10.2. The van der Waals surface area contributed by atoms with Gasteiger partial charge in [-0.05, 0) is 19.4 Å². The third-order valence-electron chi connectivity index (χ3n) is 0.870. The summed E-state index contributed by atoms with van der Waals surface area (Å²) in [5, 5.41) is 0.